The number of hydrogen-bond acceptors (Lipinski definition) is 9. The molecular weight excluding hydrogens is 673 g/mol. The second kappa shape index (κ2) is 17.1. The number of piperazine rings is 1. The van der Waals surface area contributed by atoms with E-state index < -0.39 is 6.09 Å². The van der Waals surface area contributed by atoms with Gasteiger partial charge in [0.2, 0.25) is 17.7 Å². The van der Waals surface area contributed by atoms with E-state index in [0.29, 0.717) is 54.1 Å². The SMILES string of the molecule is CCN(CC)C(=O)C(C)Cc1ccc(NC(=O)Oc2cc(-c3ccc(C)c(C)c3C)nc(Nc3ccc(N4CCN(C)C(C)C4)c(F)c3)n2)c(OC)c1. The van der Waals surface area contributed by atoms with E-state index in [1.165, 1.54) is 13.2 Å². The minimum absolute atomic E-state index is 0.00419. The highest BCUT2D eigenvalue weighted by atomic mass is 19.1. The Morgan fingerprint density at radius 3 is 2.43 bits per heavy atom. The third kappa shape index (κ3) is 9.23. The molecule has 1 fully saturated rings. The fraction of sp³-hybridized carbons (Fsp3) is 0.415. The zero-order chi connectivity index (χ0) is 38.4. The topological polar surface area (TPSA) is 112 Å². The number of halogens is 1. The van der Waals surface area contributed by atoms with Crippen LogP contribution >= 0.6 is 0 Å². The second-order valence-electron chi connectivity index (χ2n) is 13.8. The van der Waals surface area contributed by atoms with Crippen molar-refractivity contribution in [3.05, 3.63) is 82.7 Å². The maximum atomic E-state index is 15.5. The van der Waals surface area contributed by atoms with Gasteiger partial charge < -0.3 is 29.5 Å². The van der Waals surface area contributed by atoms with Gasteiger partial charge in [-0.15, -0.1) is 0 Å². The smallest absolute Gasteiger partial charge is 0.418 e. The first-order chi connectivity index (χ1) is 25.3. The van der Waals surface area contributed by atoms with Gasteiger partial charge >= 0.3 is 6.09 Å². The van der Waals surface area contributed by atoms with Gasteiger partial charge in [-0.2, -0.15) is 4.98 Å². The molecule has 0 bridgehead atoms. The maximum absolute atomic E-state index is 15.5. The summed E-state index contributed by atoms with van der Waals surface area (Å²) in [5.41, 5.74) is 6.96. The van der Waals surface area contributed by atoms with Crippen molar-refractivity contribution in [1.82, 2.24) is 19.8 Å². The Bertz CT molecular complexity index is 1950. The summed E-state index contributed by atoms with van der Waals surface area (Å²) in [5, 5.41) is 5.88. The van der Waals surface area contributed by atoms with Crippen molar-refractivity contribution >= 4 is 35.0 Å². The van der Waals surface area contributed by atoms with Crippen molar-refractivity contribution in [1.29, 1.82) is 0 Å². The number of aryl methyl sites for hydroxylation is 1. The number of carbonyl (C=O) groups excluding carboxylic acids is 2. The van der Waals surface area contributed by atoms with Crippen molar-refractivity contribution < 1.29 is 23.5 Å². The molecule has 4 aromatic rings. The first-order valence-electron chi connectivity index (χ1n) is 18.2. The Hall–Kier alpha value is -5.23. The average molecular weight is 726 g/mol. The molecule has 12 heteroatoms. The lowest BCUT2D eigenvalue weighted by Gasteiger charge is -2.39. The lowest BCUT2D eigenvalue weighted by molar-refractivity contribution is -0.134. The molecule has 11 nitrogen and oxygen atoms in total. The van der Waals surface area contributed by atoms with Gasteiger partial charge in [-0.1, -0.05) is 25.1 Å². The summed E-state index contributed by atoms with van der Waals surface area (Å²) >= 11 is 0. The minimum Gasteiger partial charge on any atom is -0.495 e. The summed E-state index contributed by atoms with van der Waals surface area (Å²) in [6, 6.07) is 16.3. The number of ether oxygens (including phenoxy) is 2. The summed E-state index contributed by atoms with van der Waals surface area (Å²) in [4.78, 5) is 41.5. The Morgan fingerprint density at radius 2 is 1.75 bits per heavy atom. The summed E-state index contributed by atoms with van der Waals surface area (Å²) < 4.78 is 26.8. The van der Waals surface area contributed by atoms with E-state index in [2.05, 4.69) is 39.4 Å². The third-order valence-corrected chi connectivity index (χ3v) is 10.3. The highest BCUT2D eigenvalue weighted by Gasteiger charge is 2.24. The monoisotopic (exact) mass is 725 g/mol. The molecular formula is C41H52FN7O4. The predicted molar refractivity (Wildman–Crippen MR) is 209 cm³/mol. The number of nitrogens with one attached hydrogen (secondary N) is 2. The largest absolute Gasteiger partial charge is 0.495 e. The number of amides is 2. The van der Waals surface area contributed by atoms with E-state index >= 15 is 4.39 Å². The molecule has 282 valence electrons. The fourth-order valence-electron chi connectivity index (χ4n) is 6.63. The van der Waals surface area contributed by atoms with E-state index in [0.717, 1.165) is 47.5 Å². The van der Waals surface area contributed by atoms with Crippen LogP contribution in [0.15, 0.2) is 54.6 Å². The summed E-state index contributed by atoms with van der Waals surface area (Å²) in [7, 11) is 3.59. The molecule has 2 heterocycles. The van der Waals surface area contributed by atoms with Crippen LogP contribution in [0, 0.1) is 32.5 Å². The summed E-state index contributed by atoms with van der Waals surface area (Å²) in [6.45, 7) is 17.7. The summed E-state index contributed by atoms with van der Waals surface area (Å²) in [6.07, 6.45) is -0.263. The van der Waals surface area contributed by atoms with Gasteiger partial charge in [0, 0.05) is 62.0 Å². The van der Waals surface area contributed by atoms with Gasteiger partial charge in [-0.3, -0.25) is 10.1 Å². The second-order valence-corrected chi connectivity index (χ2v) is 13.8. The van der Waals surface area contributed by atoms with Crippen molar-refractivity contribution in [2.24, 2.45) is 5.92 Å². The first kappa shape index (κ1) is 39.0. The number of nitrogens with zero attached hydrogens (tertiary/aromatic N) is 5. The van der Waals surface area contributed by atoms with Gasteiger partial charge in [-0.05, 0) is 108 Å². The fourth-order valence-corrected chi connectivity index (χ4v) is 6.63. The number of benzene rings is 3. The molecule has 2 atom stereocenters. The molecule has 2 unspecified atom stereocenters. The number of rotatable bonds is 12. The van der Waals surface area contributed by atoms with Crippen LogP contribution in [0.2, 0.25) is 0 Å². The van der Waals surface area contributed by atoms with Crippen molar-refractivity contribution in [2.45, 2.75) is 60.9 Å². The van der Waals surface area contributed by atoms with Crippen LogP contribution in [0.25, 0.3) is 11.3 Å². The molecule has 5 rings (SSSR count). The van der Waals surface area contributed by atoms with Gasteiger partial charge in [0.05, 0.1) is 24.2 Å². The highest BCUT2D eigenvalue weighted by Crippen LogP contribution is 2.32. The van der Waals surface area contributed by atoms with Gasteiger partial charge in [0.1, 0.15) is 11.6 Å². The third-order valence-electron chi connectivity index (χ3n) is 10.3. The van der Waals surface area contributed by atoms with Gasteiger partial charge in [-0.25, -0.2) is 14.2 Å². The maximum Gasteiger partial charge on any atom is 0.418 e. The minimum atomic E-state index is -0.787. The lowest BCUT2D eigenvalue weighted by atomic mass is 9.97. The van der Waals surface area contributed by atoms with Crippen LogP contribution in [0.4, 0.5) is 32.2 Å². The van der Waals surface area contributed by atoms with Crippen LogP contribution in [0.5, 0.6) is 11.6 Å². The highest BCUT2D eigenvalue weighted by molar-refractivity contribution is 5.88. The molecule has 53 heavy (non-hydrogen) atoms. The van der Waals surface area contributed by atoms with Gasteiger partial charge in [0.15, 0.2) is 0 Å². The summed E-state index contributed by atoms with van der Waals surface area (Å²) in [5.74, 6) is 0.0864. The number of likely N-dealkylation sites (N-methyl/N-ethyl adjacent to an activating group) is 1. The van der Waals surface area contributed by atoms with Crippen molar-refractivity contribution in [2.75, 3.05) is 62.4 Å². The number of hydrogen-bond donors (Lipinski definition) is 2. The lowest BCUT2D eigenvalue weighted by Crippen LogP contribution is -2.50. The first-order valence-corrected chi connectivity index (χ1v) is 18.2. The van der Waals surface area contributed by atoms with Crippen LogP contribution in [0.3, 0.4) is 0 Å². The molecule has 0 radical (unpaired) electrons. The van der Waals surface area contributed by atoms with Crippen molar-refractivity contribution in [3.8, 4) is 22.9 Å². The molecule has 3 aromatic carbocycles. The number of aromatic nitrogens is 2. The molecule has 1 saturated heterocycles. The molecule has 1 aliphatic heterocycles. The standard InChI is InChI=1S/C41H52FN7O4/c1-10-48(11-2)39(50)26(4)20-30-13-16-34(37(21-30)52-9)45-41(51)53-38-23-35(32-15-12-25(3)28(6)29(32)7)44-40(46-38)43-31-14-17-36(33(42)22-31)49-19-18-47(8)27(5)24-49/h12-17,21-23,26-27H,10-11,18-20,24H2,1-9H3,(H,45,51)(H,43,44,46). The van der Waals surface area contributed by atoms with Crippen LogP contribution in [0.1, 0.15) is 49.9 Å². The Morgan fingerprint density at radius 1 is 1.00 bits per heavy atom. The molecule has 0 aliphatic carbocycles. The van der Waals surface area contributed by atoms with E-state index in [4.69, 9.17) is 14.5 Å². The number of anilines is 4. The molecule has 2 amide bonds. The van der Waals surface area contributed by atoms with E-state index in [-0.39, 0.29) is 29.5 Å². The normalized spacial score (nSPS) is 15.1. The Kier molecular flexibility index (Phi) is 12.6. The zero-order valence-corrected chi connectivity index (χ0v) is 32.3. The van der Waals surface area contributed by atoms with Crippen LogP contribution in [-0.4, -0.2) is 84.7 Å². The molecule has 0 spiro atoms. The van der Waals surface area contributed by atoms with E-state index in [1.54, 1.807) is 24.3 Å². The van der Waals surface area contributed by atoms with E-state index in [9.17, 15) is 9.59 Å². The molecule has 0 saturated carbocycles. The zero-order valence-electron chi connectivity index (χ0n) is 32.3. The number of carbonyl (C=O) groups is 2. The Balaban J connectivity index is 1.38. The van der Waals surface area contributed by atoms with Crippen LogP contribution < -0.4 is 25.0 Å². The van der Waals surface area contributed by atoms with Crippen LogP contribution in [-0.2, 0) is 11.2 Å². The number of methoxy groups -OCH3 is 1. The molecule has 1 aromatic heterocycles. The molecule has 2 N–H and O–H groups in total. The average Bonchev–Trinajstić information content (AvgIpc) is 3.12. The van der Waals surface area contributed by atoms with Crippen molar-refractivity contribution in [3.63, 3.8) is 0 Å². The Labute approximate surface area is 312 Å². The predicted octanol–water partition coefficient (Wildman–Crippen LogP) is 7.76. The van der Waals surface area contributed by atoms with Gasteiger partial charge in [0.25, 0.3) is 0 Å². The quantitative estimate of drug-likeness (QED) is 0.151. The van der Waals surface area contributed by atoms with E-state index in [1.807, 2.05) is 70.7 Å². The molecule has 1 aliphatic rings.